The number of amides is 1. The predicted octanol–water partition coefficient (Wildman–Crippen LogP) is 5.76. The fourth-order valence-corrected chi connectivity index (χ4v) is 10.0. The first-order chi connectivity index (χ1) is 18.5. The third-order valence-corrected chi connectivity index (χ3v) is 12.8. The van der Waals surface area contributed by atoms with Gasteiger partial charge in [-0.15, -0.1) is 0 Å². The molecule has 0 spiro atoms. The molecule has 0 radical (unpaired) electrons. The summed E-state index contributed by atoms with van der Waals surface area (Å²) in [6, 6.07) is -1.26. The first-order valence-corrected chi connectivity index (χ1v) is 17.1. The molecule has 4 saturated carbocycles. The average molecular weight is 563 g/mol. The minimum absolute atomic E-state index is 0.0136. The summed E-state index contributed by atoms with van der Waals surface area (Å²) in [6.45, 7) is 10.8. The lowest BCUT2D eigenvalue weighted by Gasteiger charge is -2.61. The summed E-state index contributed by atoms with van der Waals surface area (Å²) in [6.07, 6.45) is 13.3. The predicted molar refractivity (Wildman–Crippen MR) is 158 cm³/mol. The molecule has 0 aliphatic heterocycles. The fourth-order valence-electron chi connectivity index (χ4n) is 9.54. The Morgan fingerprint density at radius 3 is 2.38 bits per heavy atom. The van der Waals surface area contributed by atoms with E-state index in [0.29, 0.717) is 30.0 Å². The van der Waals surface area contributed by atoms with E-state index < -0.39 is 12.1 Å². The van der Waals surface area contributed by atoms with Crippen LogP contribution in [0.5, 0.6) is 0 Å². The number of fused-ring (bicyclic) bond motifs is 5. The number of ether oxygens (including phenoxy) is 1. The molecule has 0 bridgehead atoms. The minimum Gasteiger partial charge on any atom is -0.461 e. The molecular weight excluding hydrogens is 508 g/mol. The molecular formula is C32H54N2O4S. The van der Waals surface area contributed by atoms with Crippen LogP contribution in [-0.4, -0.2) is 47.9 Å². The first-order valence-electron chi connectivity index (χ1n) is 15.7. The van der Waals surface area contributed by atoms with Crippen LogP contribution in [0.1, 0.15) is 105 Å². The number of esters is 1. The minimum atomic E-state index is -0.653. The Bertz CT molecular complexity index is 913. The van der Waals surface area contributed by atoms with Gasteiger partial charge in [0.2, 0.25) is 5.91 Å². The molecule has 222 valence electrons. The number of ketones is 1. The van der Waals surface area contributed by atoms with E-state index in [9.17, 15) is 14.4 Å². The molecule has 11 atom stereocenters. The lowest BCUT2D eigenvalue weighted by atomic mass is 9.44. The molecule has 0 heterocycles. The number of carbonyl (C=O) groups excluding carboxylic acids is 3. The van der Waals surface area contributed by atoms with Crippen molar-refractivity contribution < 1.29 is 19.1 Å². The van der Waals surface area contributed by atoms with E-state index >= 15 is 0 Å². The summed E-state index contributed by atoms with van der Waals surface area (Å²) < 4.78 is 6.16. The maximum Gasteiger partial charge on any atom is 0.329 e. The fraction of sp³-hybridized carbons (Fsp3) is 0.906. The standard InChI is InChI=1S/C32H54N2O4S/c1-7-19(2)28(34-29(36)27(33)14-17-39-6)30(37)38-22-12-15-31(4)21(18-22)8-9-23-25-11-10-24(20(3)35)32(25,5)16-13-26(23)31/h19,21-28H,7-18,33H2,1-6H3,(H,34,36)/t19?,21-,22+,23-,24+,25-,26-,27-,28-,31-,32+/m0/s1. The van der Waals surface area contributed by atoms with E-state index in [4.69, 9.17) is 10.5 Å². The molecule has 0 aromatic heterocycles. The molecule has 4 aliphatic carbocycles. The van der Waals surface area contributed by atoms with Crippen LogP contribution in [0.25, 0.3) is 0 Å². The second-order valence-electron chi connectivity index (χ2n) is 14.0. The van der Waals surface area contributed by atoms with Crippen molar-refractivity contribution in [3.05, 3.63) is 0 Å². The third kappa shape index (κ3) is 5.96. The number of Topliss-reactive ketones (excluding diaryl/α,β-unsaturated/α-hetero) is 1. The van der Waals surface area contributed by atoms with Crippen LogP contribution in [0.2, 0.25) is 0 Å². The summed E-state index contributed by atoms with van der Waals surface area (Å²) in [5.41, 5.74) is 6.57. The average Bonchev–Trinajstić information content (AvgIpc) is 3.27. The SMILES string of the molecule is CCC(C)[C@H](NC(=O)[C@@H](N)CCSC)C(=O)O[C@@H]1CC[C@@]2(C)[C@@H](CC[C@@H]3[C@@H]2CC[C@]2(C)[C@@H](C(C)=O)CC[C@@H]32)C1. The van der Waals surface area contributed by atoms with Crippen molar-refractivity contribution in [3.63, 3.8) is 0 Å². The van der Waals surface area contributed by atoms with Crippen molar-refractivity contribution in [1.82, 2.24) is 5.32 Å². The van der Waals surface area contributed by atoms with Gasteiger partial charge in [0.15, 0.2) is 0 Å². The summed E-state index contributed by atoms with van der Waals surface area (Å²) >= 11 is 1.66. The van der Waals surface area contributed by atoms with Crippen LogP contribution in [0.15, 0.2) is 0 Å². The Kier molecular flexibility index (Phi) is 9.83. The highest BCUT2D eigenvalue weighted by atomic mass is 32.2. The van der Waals surface area contributed by atoms with Crippen molar-refractivity contribution in [3.8, 4) is 0 Å². The van der Waals surface area contributed by atoms with Gasteiger partial charge in [0.1, 0.15) is 17.9 Å². The number of nitrogens with one attached hydrogen (secondary N) is 1. The molecule has 1 unspecified atom stereocenters. The number of nitrogens with two attached hydrogens (primary N) is 1. The van der Waals surface area contributed by atoms with Gasteiger partial charge in [-0.25, -0.2) is 4.79 Å². The van der Waals surface area contributed by atoms with Gasteiger partial charge in [-0.3, -0.25) is 9.59 Å². The van der Waals surface area contributed by atoms with Crippen molar-refractivity contribution in [1.29, 1.82) is 0 Å². The third-order valence-electron chi connectivity index (χ3n) is 12.1. The van der Waals surface area contributed by atoms with E-state index in [2.05, 4.69) is 19.2 Å². The number of hydrogen-bond acceptors (Lipinski definition) is 6. The van der Waals surface area contributed by atoms with Crippen LogP contribution in [-0.2, 0) is 19.1 Å². The summed E-state index contributed by atoms with van der Waals surface area (Å²) in [5, 5.41) is 2.93. The number of thioether (sulfide) groups is 1. The van der Waals surface area contributed by atoms with Gasteiger partial charge >= 0.3 is 5.97 Å². The van der Waals surface area contributed by atoms with Crippen LogP contribution in [0.3, 0.4) is 0 Å². The van der Waals surface area contributed by atoms with Crippen LogP contribution >= 0.6 is 11.8 Å². The maximum absolute atomic E-state index is 13.4. The highest BCUT2D eigenvalue weighted by Gasteiger charge is 2.61. The lowest BCUT2D eigenvalue weighted by Crippen LogP contribution is -2.55. The van der Waals surface area contributed by atoms with Gasteiger partial charge in [0.05, 0.1) is 6.04 Å². The van der Waals surface area contributed by atoms with Gasteiger partial charge in [-0.05, 0) is 124 Å². The molecule has 4 rings (SSSR count). The van der Waals surface area contributed by atoms with E-state index in [0.717, 1.165) is 43.8 Å². The topological polar surface area (TPSA) is 98.5 Å². The highest BCUT2D eigenvalue weighted by molar-refractivity contribution is 7.98. The van der Waals surface area contributed by atoms with Gasteiger partial charge in [-0.2, -0.15) is 11.8 Å². The van der Waals surface area contributed by atoms with E-state index in [1.54, 1.807) is 11.8 Å². The molecule has 1 amide bonds. The van der Waals surface area contributed by atoms with Crippen LogP contribution < -0.4 is 11.1 Å². The zero-order valence-electron chi connectivity index (χ0n) is 25.3. The lowest BCUT2D eigenvalue weighted by molar-refractivity contribution is -0.167. The summed E-state index contributed by atoms with van der Waals surface area (Å²) in [5.74, 6) is 3.58. The van der Waals surface area contributed by atoms with Gasteiger partial charge in [0, 0.05) is 5.92 Å². The maximum atomic E-state index is 13.4. The molecule has 6 nitrogen and oxygen atoms in total. The number of carbonyl (C=O) groups is 3. The molecule has 7 heteroatoms. The largest absolute Gasteiger partial charge is 0.461 e. The molecule has 3 N–H and O–H groups in total. The molecule has 0 aromatic carbocycles. The second kappa shape index (κ2) is 12.4. The van der Waals surface area contributed by atoms with Crippen molar-refractivity contribution in [2.45, 2.75) is 123 Å². The monoisotopic (exact) mass is 562 g/mol. The molecule has 4 fully saturated rings. The number of rotatable bonds is 10. The molecule has 0 saturated heterocycles. The quantitative estimate of drug-likeness (QED) is 0.329. The molecule has 4 aliphatic rings. The Balaban J connectivity index is 1.38. The van der Waals surface area contributed by atoms with E-state index in [1.165, 1.54) is 32.1 Å². The number of hydrogen-bond donors (Lipinski definition) is 2. The Morgan fingerprint density at radius 2 is 1.72 bits per heavy atom. The zero-order chi connectivity index (χ0) is 28.5. The van der Waals surface area contributed by atoms with Gasteiger partial charge < -0.3 is 15.8 Å². The highest BCUT2D eigenvalue weighted by Crippen LogP contribution is 2.67. The zero-order valence-corrected chi connectivity index (χ0v) is 26.1. The van der Waals surface area contributed by atoms with Crippen molar-refractivity contribution in [2.24, 2.45) is 52.1 Å². The Hall–Kier alpha value is -1.08. The van der Waals surface area contributed by atoms with Crippen LogP contribution in [0, 0.1) is 46.3 Å². The van der Waals surface area contributed by atoms with E-state index in [-0.39, 0.29) is 40.6 Å². The smallest absolute Gasteiger partial charge is 0.329 e. The summed E-state index contributed by atoms with van der Waals surface area (Å²) in [4.78, 5) is 38.6. The summed E-state index contributed by atoms with van der Waals surface area (Å²) in [7, 11) is 0. The first kappa shape index (κ1) is 30.9. The Labute approximate surface area is 241 Å². The van der Waals surface area contributed by atoms with Crippen molar-refractivity contribution >= 4 is 29.4 Å². The Morgan fingerprint density at radius 1 is 1.03 bits per heavy atom. The van der Waals surface area contributed by atoms with Gasteiger partial charge in [0.25, 0.3) is 0 Å². The van der Waals surface area contributed by atoms with Gasteiger partial charge in [-0.1, -0.05) is 34.1 Å². The normalized spacial score (nSPS) is 39.9. The molecule has 39 heavy (non-hydrogen) atoms. The van der Waals surface area contributed by atoms with Crippen LogP contribution in [0.4, 0.5) is 0 Å². The van der Waals surface area contributed by atoms with Crippen molar-refractivity contribution in [2.75, 3.05) is 12.0 Å². The molecule has 0 aromatic rings. The van der Waals surface area contributed by atoms with E-state index in [1.807, 2.05) is 27.0 Å². The second-order valence-corrected chi connectivity index (χ2v) is 15.0.